The Labute approximate surface area is 90.4 Å². The molecular weight excluding hydrogens is 244 g/mol. The highest BCUT2D eigenvalue weighted by Crippen LogP contribution is 2.33. The fraction of sp³-hybridized carbons (Fsp3) is 0.182. The molecule has 1 aromatic carbocycles. The van der Waals surface area contributed by atoms with Gasteiger partial charge in [0.25, 0.3) is 0 Å². The van der Waals surface area contributed by atoms with Crippen LogP contribution in [0.1, 0.15) is 17.5 Å². The molecule has 1 N–H and O–H groups in total. The summed E-state index contributed by atoms with van der Waals surface area (Å²) in [6.45, 7) is 0. The first-order valence-electron chi connectivity index (χ1n) is 4.39. The van der Waals surface area contributed by atoms with Crippen molar-refractivity contribution in [2.24, 2.45) is 0 Å². The molecule has 0 heterocycles. The van der Waals surface area contributed by atoms with Crippen molar-refractivity contribution in [2.45, 2.75) is 12.8 Å². The van der Waals surface area contributed by atoms with E-state index in [4.69, 9.17) is 5.11 Å². The molecule has 0 radical (unpaired) electrons. The average molecular weight is 253 g/mol. The smallest absolute Gasteiger partial charge is 0.328 e. The normalized spacial score (nSPS) is 17.1. The number of allylic oxidation sites excluding steroid dienone is 1. The number of carboxylic acid groups (broad SMARTS) is 1. The Kier molecular flexibility index (Phi) is 2.42. The predicted octanol–water partition coefficient (Wildman–Crippen LogP) is 2.86. The van der Waals surface area contributed by atoms with Gasteiger partial charge in [-0.1, -0.05) is 22.0 Å². The molecule has 14 heavy (non-hydrogen) atoms. The molecule has 0 fully saturated rings. The van der Waals surface area contributed by atoms with Crippen molar-refractivity contribution in [1.29, 1.82) is 0 Å². The lowest BCUT2D eigenvalue weighted by Crippen LogP contribution is -1.89. The second-order valence-electron chi connectivity index (χ2n) is 3.31. The minimum absolute atomic E-state index is 0.831. The van der Waals surface area contributed by atoms with Gasteiger partial charge in [-0.25, -0.2) is 4.79 Å². The van der Waals surface area contributed by atoms with E-state index in [1.54, 1.807) is 0 Å². The summed E-state index contributed by atoms with van der Waals surface area (Å²) >= 11 is 3.38. The van der Waals surface area contributed by atoms with Crippen LogP contribution in [0.15, 0.2) is 28.7 Å². The van der Waals surface area contributed by atoms with Crippen LogP contribution < -0.4 is 0 Å². The summed E-state index contributed by atoms with van der Waals surface area (Å²) in [6.07, 6.45) is 3.08. The van der Waals surface area contributed by atoms with Gasteiger partial charge in [-0.15, -0.1) is 0 Å². The first-order chi connectivity index (χ1) is 6.66. The number of hydrogen-bond acceptors (Lipinski definition) is 1. The molecule has 0 bridgehead atoms. The van der Waals surface area contributed by atoms with Crippen LogP contribution in [0.25, 0.3) is 5.57 Å². The molecule has 0 saturated heterocycles. The summed E-state index contributed by atoms with van der Waals surface area (Å²) in [5, 5.41) is 8.68. The monoisotopic (exact) mass is 252 g/mol. The van der Waals surface area contributed by atoms with Gasteiger partial charge in [-0.3, -0.25) is 0 Å². The van der Waals surface area contributed by atoms with Gasteiger partial charge in [0.15, 0.2) is 0 Å². The zero-order chi connectivity index (χ0) is 10.1. The van der Waals surface area contributed by atoms with Crippen molar-refractivity contribution in [2.75, 3.05) is 0 Å². The van der Waals surface area contributed by atoms with E-state index in [1.807, 2.05) is 18.2 Å². The number of benzene rings is 1. The van der Waals surface area contributed by atoms with Gasteiger partial charge < -0.3 is 5.11 Å². The summed E-state index contributed by atoms with van der Waals surface area (Å²) in [7, 11) is 0. The van der Waals surface area contributed by atoms with Crippen molar-refractivity contribution < 1.29 is 9.90 Å². The molecule has 1 aliphatic carbocycles. The number of aryl methyl sites for hydroxylation is 1. The van der Waals surface area contributed by atoms with Gasteiger partial charge >= 0.3 is 5.97 Å². The van der Waals surface area contributed by atoms with Crippen molar-refractivity contribution in [1.82, 2.24) is 0 Å². The van der Waals surface area contributed by atoms with Crippen LogP contribution in [0.5, 0.6) is 0 Å². The molecular formula is C11H9BrO2. The number of rotatable bonds is 1. The summed E-state index contributed by atoms with van der Waals surface area (Å²) in [5.41, 5.74) is 3.23. The molecule has 0 amide bonds. The number of fused-ring (bicyclic) bond motifs is 1. The van der Waals surface area contributed by atoms with Crippen LogP contribution in [0, 0.1) is 0 Å². The second kappa shape index (κ2) is 3.58. The van der Waals surface area contributed by atoms with Crippen LogP contribution in [0.3, 0.4) is 0 Å². The Hall–Kier alpha value is -1.09. The molecule has 0 atom stereocenters. The SMILES string of the molecule is O=C(O)C=C1CCc2ccc(Br)cc21. The number of hydrogen-bond donors (Lipinski definition) is 1. The van der Waals surface area contributed by atoms with Crippen LogP contribution in [-0.2, 0) is 11.2 Å². The highest BCUT2D eigenvalue weighted by atomic mass is 79.9. The fourth-order valence-corrected chi connectivity index (χ4v) is 2.13. The predicted molar refractivity (Wildman–Crippen MR) is 58.1 cm³/mol. The molecule has 0 unspecified atom stereocenters. The minimum Gasteiger partial charge on any atom is -0.478 e. The second-order valence-corrected chi connectivity index (χ2v) is 4.22. The number of carboxylic acids is 1. The summed E-state index contributed by atoms with van der Waals surface area (Å²) < 4.78 is 0.995. The number of aliphatic carboxylic acids is 1. The minimum atomic E-state index is -0.868. The first-order valence-corrected chi connectivity index (χ1v) is 5.18. The molecule has 1 aromatic rings. The first kappa shape index (κ1) is 9.46. The summed E-state index contributed by atoms with van der Waals surface area (Å²) in [4.78, 5) is 10.6. The topological polar surface area (TPSA) is 37.3 Å². The van der Waals surface area contributed by atoms with Crippen LogP contribution in [-0.4, -0.2) is 11.1 Å². The maximum Gasteiger partial charge on any atom is 0.328 e. The molecule has 3 heteroatoms. The molecule has 2 rings (SSSR count). The van der Waals surface area contributed by atoms with Crippen LogP contribution in [0.2, 0.25) is 0 Å². The van der Waals surface area contributed by atoms with Crippen molar-refractivity contribution in [3.8, 4) is 0 Å². The zero-order valence-corrected chi connectivity index (χ0v) is 9.04. The Morgan fingerprint density at radius 2 is 2.21 bits per heavy atom. The summed E-state index contributed by atoms with van der Waals surface area (Å²) in [5.74, 6) is -0.868. The van der Waals surface area contributed by atoms with E-state index in [1.165, 1.54) is 11.6 Å². The van der Waals surface area contributed by atoms with Gasteiger partial charge in [0.1, 0.15) is 0 Å². The molecule has 0 saturated carbocycles. The van der Waals surface area contributed by atoms with Gasteiger partial charge in [-0.2, -0.15) is 0 Å². The Morgan fingerprint density at radius 3 is 2.93 bits per heavy atom. The van der Waals surface area contributed by atoms with Crippen molar-refractivity contribution >= 4 is 27.5 Å². The Morgan fingerprint density at radius 1 is 1.43 bits per heavy atom. The molecule has 0 aliphatic heterocycles. The van der Waals surface area contributed by atoms with E-state index in [0.29, 0.717) is 0 Å². The van der Waals surface area contributed by atoms with E-state index in [2.05, 4.69) is 15.9 Å². The molecule has 0 aromatic heterocycles. The standard InChI is InChI=1S/C11H9BrO2/c12-9-4-3-7-1-2-8(5-11(13)14)10(7)6-9/h3-6H,1-2H2,(H,13,14). The number of carbonyl (C=O) groups is 1. The van der Waals surface area contributed by atoms with Crippen LogP contribution >= 0.6 is 15.9 Å². The third-order valence-corrected chi connectivity index (χ3v) is 2.87. The van der Waals surface area contributed by atoms with Crippen molar-refractivity contribution in [3.05, 3.63) is 39.9 Å². The van der Waals surface area contributed by atoms with E-state index in [-0.39, 0.29) is 0 Å². The molecule has 1 aliphatic rings. The maximum atomic E-state index is 10.6. The van der Waals surface area contributed by atoms with Gasteiger partial charge in [0, 0.05) is 10.5 Å². The van der Waals surface area contributed by atoms with Gasteiger partial charge in [0.2, 0.25) is 0 Å². The van der Waals surface area contributed by atoms with E-state index in [0.717, 1.165) is 28.5 Å². The zero-order valence-electron chi connectivity index (χ0n) is 7.46. The highest BCUT2D eigenvalue weighted by Gasteiger charge is 2.16. The van der Waals surface area contributed by atoms with Crippen molar-refractivity contribution in [3.63, 3.8) is 0 Å². The molecule has 72 valence electrons. The maximum absolute atomic E-state index is 10.6. The summed E-state index contributed by atoms with van der Waals surface area (Å²) in [6, 6.07) is 6.02. The Bertz CT molecular complexity index is 421. The van der Waals surface area contributed by atoms with Gasteiger partial charge in [-0.05, 0) is 41.7 Å². The largest absolute Gasteiger partial charge is 0.478 e. The Balaban J connectivity index is 2.48. The lowest BCUT2D eigenvalue weighted by molar-refractivity contribution is -0.131. The molecule has 0 spiro atoms. The van der Waals surface area contributed by atoms with Gasteiger partial charge in [0.05, 0.1) is 0 Å². The van der Waals surface area contributed by atoms with Crippen LogP contribution in [0.4, 0.5) is 0 Å². The van der Waals surface area contributed by atoms with E-state index < -0.39 is 5.97 Å². The lowest BCUT2D eigenvalue weighted by atomic mass is 10.1. The van der Waals surface area contributed by atoms with E-state index in [9.17, 15) is 4.79 Å². The van der Waals surface area contributed by atoms with E-state index >= 15 is 0 Å². The molecule has 2 nitrogen and oxygen atoms in total. The third-order valence-electron chi connectivity index (χ3n) is 2.38. The average Bonchev–Trinajstić information content (AvgIpc) is 2.47. The quantitative estimate of drug-likeness (QED) is 0.781. The number of halogens is 1. The third kappa shape index (κ3) is 1.73. The lowest BCUT2D eigenvalue weighted by Gasteiger charge is -2.00. The fourth-order valence-electron chi connectivity index (χ4n) is 1.77. The highest BCUT2D eigenvalue weighted by molar-refractivity contribution is 9.10.